The second-order valence-electron chi connectivity index (χ2n) is 10.8. The van der Waals surface area contributed by atoms with Gasteiger partial charge < -0.3 is 21.1 Å². The van der Waals surface area contributed by atoms with E-state index in [1.165, 1.54) is 11.2 Å². The Labute approximate surface area is 238 Å². The quantitative estimate of drug-likeness (QED) is 0.189. The number of ether oxygens (including phenoxy) is 1. The smallest absolute Gasteiger partial charge is 0.332 e. The fourth-order valence-corrected chi connectivity index (χ4v) is 4.56. The molecular weight excluding hydrogens is 534 g/mol. The van der Waals surface area contributed by atoms with Gasteiger partial charge in [0.2, 0.25) is 11.8 Å². The average Bonchev–Trinajstić information content (AvgIpc) is 3.03. The molecule has 41 heavy (non-hydrogen) atoms. The molecule has 0 unspecified atom stereocenters. The van der Waals surface area contributed by atoms with Gasteiger partial charge in [-0.3, -0.25) is 29.0 Å². The number of hydrogen-bond donors (Lipinski definition) is 4. The van der Waals surface area contributed by atoms with E-state index >= 15 is 0 Å². The third-order valence-corrected chi connectivity index (χ3v) is 6.34. The van der Waals surface area contributed by atoms with E-state index in [1.807, 2.05) is 5.43 Å². The van der Waals surface area contributed by atoms with Gasteiger partial charge in [-0.05, 0) is 58.6 Å². The topological polar surface area (TPSA) is 193 Å². The summed E-state index contributed by atoms with van der Waals surface area (Å²) in [4.78, 5) is 76.3. The largest absolute Gasteiger partial charge is 0.460 e. The zero-order chi connectivity index (χ0) is 30.2. The summed E-state index contributed by atoms with van der Waals surface area (Å²) in [6, 6.07) is 4.53. The van der Waals surface area contributed by atoms with Crippen molar-refractivity contribution in [3.63, 3.8) is 0 Å². The van der Waals surface area contributed by atoms with Crippen molar-refractivity contribution < 1.29 is 33.5 Å². The van der Waals surface area contributed by atoms with Crippen molar-refractivity contribution in [2.75, 3.05) is 6.54 Å². The first-order valence-corrected chi connectivity index (χ1v) is 13.5. The first kappa shape index (κ1) is 31.0. The van der Waals surface area contributed by atoms with E-state index in [9.17, 15) is 28.8 Å². The van der Waals surface area contributed by atoms with Crippen LogP contribution in [0.4, 0.5) is 4.79 Å². The predicted molar refractivity (Wildman–Crippen MR) is 147 cm³/mol. The average molecular weight is 572 g/mol. The van der Waals surface area contributed by atoms with Crippen LogP contribution in [0.25, 0.3) is 0 Å². The molecule has 3 atom stereocenters. The van der Waals surface area contributed by atoms with E-state index in [0.717, 1.165) is 5.01 Å². The first-order chi connectivity index (χ1) is 19.4. The minimum absolute atomic E-state index is 0.0142. The number of benzene rings is 1. The second-order valence-corrected chi connectivity index (χ2v) is 10.8. The molecule has 0 aliphatic carbocycles. The maximum atomic E-state index is 13.7. The van der Waals surface area contributed by atoms with Gasteiger partial charge in [-0.15, -0.1) is 0 Å². The number of amides is 6. The van der Waals surface area contributed by atoms with Crippen LogP contribution in [-0.4, -0.2) is 82.1 Å². The lowest BCUT2D eigenvalue weighted by Gasteiger charge is -2.43. The number of nitrogens with one attached hydrogen (secondary N) is 3. The summed E-state index contributed by atoms with van der Waals surface area (Å²) in [5, 5.41) is 11.6. The van der Waals surface area contributed by atoms with Crippen molar-refractivity contribution in [2.45, 2.75) is 83.0 Å². The number of carbonyl (C=O) groups is 6. The lowest BCUT2D eigenvalue weighted by molar-refractivity contribution is -0.176. The van der Waals surface area contributed by atoms with E-state index in [-0.39, 0.29) is 44.6 Å². The van der Waals surface area contributed by atoms with Crippen LogP contribution in [0, 0.1) is 0 Å². The molecule has 0 saturated carbocycles. The van der Waals surface area contributed by atoms with Gasteiger partial charge in [0.25, 0.3) is 11.8 Å². The number of primary amides is 1. The maximum Gasteiger partial charge on any atom is 0.332 e. The second kappa shape index (κ2) is 13.7. The molecule has 2 aliphatic rings. The Morgan fingerprint density at radius 1 is 1.15 bits per heavy atom. The van der Waals surface area contributed by atoms with E-state index in [2.05, 4.69) is 15.7 Å². The number of hydrazine groups is 1. The summed E-state index contributed by atoms with van der Waals surface area (Å²) in [5.74, 6) is -2.47. The molecular formula is C27H37N7O7. The molecule has 1 aromatic rings. The van der Waals surface area contributed by atoms with E-state index in [1.54, 1.807) is 51.1 Å². The molecule has 0 spiro atoms. The summed E-state index contributed by atoms with van der Waals surface area (Å²) < 4.78 is 5.32. The molecule has 1 aromatic carbocycles. The summed E-state index contributed by atoms with van der Waals surface area (Å²) in [5.41, 5.74) is 6.75. The number of fused-ring (bicyclic) bond motifs is 1. The summed E-state index contributed by atoms with van der Waals surface area (Å²) in [7, 11) is 0. The van der Waals surface area contributed by atoms with Gasteiger partial charge in [0.1, 0.15) is 17.7 Å². The fraction of sp³-hybridized carbons (Fsp3) is 0.519. The number of hydrogen-bond acceptors (Lipinski definition) is 8. The molecule has 0 aromatic heterocycles. The Kier molecular flexibility index (Phi) is 10.4. The predicted octanol–water partition coefficient (Wildman–Crippen LogP) is 0.574. The van der Waals surface area contributed by atoms with Crippen LogP contribution in [-0.2, 0) is 23.9 Å². The fourth-order valence-electron chi connectivity index (χ4n) is 4.56. The van der Waals surface area contributed by atoms with Crippen molar-refractivity contribution in [1.29, 1.82) is 0 Å². The highest BCUT2D eigenvalue weighted by Crippen LogP contribution is 2.25. The van der Waals surface area contributed by atoms with E-state index < -0.39 is 53.4 Å². The van der Waals surface area contributed by atoms with E-state index in [0.29, 0.717) is 12.0 Å². The number of rotatable bonds is 9. The standard InChI is InChI=1S/C27H37N7O7/c1-27(2,3)41-22(36)14-11-18(16-29-32-26(28)40)30-24(38)20-10-7-15-33-21(35)13-12-19(25(39)34(20)33)31-23(37)17-8-5-4-6-9-17/h4-6,8-9,16,18-20H,7,10-15H2,1-3H3,(H,30,38)(H,31,37)(H3,28,32,40)/t18-,19-,20-/m0/s1. The third kappa shape index (κ3) is 9.01. The van der Waals surface area contributed by atoms with Gasteiger partial charge in [0.15, 0.2) is 0 Å². The molecule has 0 bridgehead atoms. The van der Waals surface area contributed by atoms with Crippen LogP contribution in [0.2, 0.25) is 0 Å². The van der Waals surface area contributed by atoms with Gasteiger partial charge >= 0.3 is 12.0 Å². The molecule has 14 nitrogen and oxygen atoms in total. The maximum absolute atomic E-state index is 13.7. The van der Waals surface area contributed by atoms with Crippen molar-refractivity contribution >= 4 is 41.8 Å². The SMILES string of the molecule is CC(C)(C)OC(=O)CC[C@@H](C=NNC(N)=O)NC(=O)[C@@H]1CCCN2C(=O)CC[C@H](NC(=O)c3ccccc3)C(=O)N12. The monoisotopic (exact) mass is 571 g/mol. The minimum atomic E-state index is -1.06. The Bertz CT molecular complexity index is 1180. The molecule has 5 N–H and O–H groups in total. The third-order valence-electron chi connectivity index (χ3n) is 6.34. The normalized spacial score (nSPS) is 20.1. The number of nitrogens with two attached hydrogens (primary N) is 1. The van der Waals surface area contributed by atoms with Crippen LogP contribution < -0.4 is 21.8 Å². The molecule has 222 valence electrons. The Balaban J connectivity index is 1.77. The molecule has 2 heterocycles. The number of nitrogens with zero attached hydrogens (tertiary/aromatic N) is 3. The number of urea groups is 1. The molecule has 0 radical (unpaired) electrons. The van der Waals surface area contributed by atoms with Crippen molar-refractivity contribution in [1.82, 2.24) is 26.1 Å². The van der Waals surface area contributed by atoms with Crippen molar-refractivity contribution in [3.8, 4) is 0 Å². The van der Waals surface area contributed by atoms with Crippen molar-refractivity contribution in [3.05, 3.63) is 35.9 Å². The Morgan fingerprint density at radius 3 is 2.51 bits per heavy atom. The zero-order valence-corrected chi connectivity index (χ0v) is 23.4. The van der Waals surface area contributed by atoms with Crippen LogP contribution >= 0.6 is 0 Å². The van der Waals surface area contributed by atoms with Gasteiger partial charge in [0.05, 0.1) is 6.04 Å². The highest BCUT2D eigenvalue weighted by molar-refractivity contribution is 6.00. The highest BCUT2D eigenvalue weighted by atomic mass is 16.6. The summed E-state index contributed by atoms with van der Waals surface area (Å²) >= 11 is 0. The molecule has 3 rings (SSSR count). The molecule has 2 fully saturated rings. The lowest BCUT2D eigenvalue weighted by atomic mass is 10.0. The Hall–Kier alpha value is -4.49. The van der Waals surface area contributed by atoms with Gasteiger partial charge in [-0.2, -0.15) is 5.10 Å². The van der Waals surface area contributed by atoms with E-state index in [4.69, 9.17) is 10.5 Å². The highest BCUT2D eigenvalue weighted by Gasteiger charge is 2.44. The van der Waals surface area contributed by atoms with Crippen molar-refractivity contribution in [2.24, 2.45) is 10.8 Å². The van der Waals surface area contributed by atoms with Crippen LogP contribution in [0.5, 0.6) is 0 Å². The number of carbonyl (C=O) groups excluding carboxylic acids is 6. The summed E-state index contributed by atoms with van der Waals surface area (Å²) in [6.07, 6.45) is 2.04. The minimum Gasteiger partial charge on any atom is -0.460 e. The van der Waals surface area contributed by atoms with Crippen LogP contribution in [0.3, 0.4) is 0 Å². The molecule has 2 saturated heterocycles. The lowest BCUT2D eigenvalue weighted by Crippen LogP contribution is -2.64. The molecule has 6 amide bonds. The van der Waals surface area contributed by atoms with Gasteiger partial charge in [-0.1, -0.05) is 18.2 Å². The Morgan fingerprint density at radius 2 is 1.85 bits per heavy atom. The van der Waals surface area contributed by atoms with Gasteiger partial charge in [0, 0.05) is 31.2 Å². The molecule has 2 aliphatic heterocycles. The zero-order valence-electron chi connectivity index (χ0n) is 23.4. The molecule has 14 heteroatoms. The number of esters is 1. The first-order valence-electron chi connectivity index (χ1n) is 13.5. The number of hydrazone groups is 1. The van der Waals surface area contributed by atoms with Crippen LogP contribution in [0.1, 0.15) is 69.7 Å². The van der Waals surface area contributed by atoms with Gasteiger partial charge in [-0.25, -0.2) is 15.2 Å². The summed E-state index contributed by atoms with van der Waals surface area (Å²) in [6.45, 7) is 5.44. The van der Waals surface area contributed by atoms with Crippen LogP contribution in [0.15, 0.2) is 35.4 Å².